The Morgan fingerprint density at radius 1 is 1.42 bits per heavy atom. The molecule has 24 heavy (non-hydrogen) atoms. The van der Waals surface area contributed by atoms with Crippen LogP contribution in [0.4, 0.5) is 0 Å². The van der Waals surface area contributed by atoms with Gasteiger partial charge >= 0.3 is 5.97 Å². The number of benzene rings is 1. The van der Waals surface area contributed by atoms with Gasteiger partial charge < -0.3 is 14.8 Å². The van der Waals surface area contributed by atoms with Crippen LogP contribution in [-0.4, -0.2) is 41.9 Å². The lowest BCUT2D eigenvalue weighted by atomic mass is 10.0. The van der Waals surface area contributed by atoms with Crippen LogP contribution in [0.3, 0.4) is 0 Å². The maximum atomic E-state index is 12.4. The number of carbonyl (C=O) groups excluding carboxylic acids is 2. The molecule has 0 spiro atoms. The molecule has 1 aliphatic heterocycles. The molecule has 1 aliphatic rings. The van der Waals surface area contributed by atoms with Crippen LogP contribution in [0.2, 0.25) is 0 Å². The van der Waals surface area contributed by atoms with E-state index < -0.39 is 5.97 Å². The van der Waals surface area contributed by atoms with Gasteiger partial charge in [0.15, 0.2) is 5.69 Å². The quantitative estimate of drug-likeness (QED) is 0.863. The number of carbonyl (C=O) groups is 2. The average Bonchev–Trinajstić information content (AvgIpc) is 2.96. The number of nitrogens with one attached hydrogen (secondary N) is 1. The van der Waals surface area contributed by atoms with Gasteiger partial charge in [0.1, 0.15) is 11.4 Å². The Morgan fingerprint density at radius 2 is 2.21 bits per heavy atom. The second kappa shape index (κ2) is 6.35. The molecule has 1 aromatic carbocycles. The van der Waals surface area contributed by atoms with Gasteiger partial charge in [-0.05, 0) is 44.0 Å². The van der Waals surface area contributed by atoms with E-state index in [4.69, 9.17) is 9.47 Å². The molecule has 1 aromatic heterocycles. The van der Waals surface area contributed by atoms with Crippen LogP contribution >= 0.6 is 0 Å². The first-order valence-corrected chi connectivity index (χ1v) is 7.79. The number of rotatable bonds is 4. The molecular weight excluding hydrogens is 310 g/mol. The monoisotopic (exact) mass is 329 g/mol. The van der Waals surface area contributed by atoms with Gasteiger partial charge in [-0.25, -0.2) is 9.48 Å². The molecule has 1 amide bonds. The van der Waals surface area contributed by atoms with Crippen molar-refractivity contribution in [2.75, 3.05) is 20.3 Å². The van der Waals surface area contributed by atoms with Gasteiger partial charge in [-0.15, -0.1) is 0 Å². The number of hydrogen-bond acceptors (Lipinski definition) is 5. The zero-order valence-corrected chi connectivity index (χ0v) is 13.9. The van der Waals surface area contributed by atoms with Crippen molar-refractivity contribution in [3.8, 4) is 11.4 Å². The van der Waals surface area contributed by atoms with E-state index in [1.807, 2.05) is 19.1 Å². The van der Waals surface area contributed by atoms with Gasteiger partial charge in [-0.3, -0.25) is 4.79 Å². The van der Waals surface area contributed by atoms with Gasteiger partial charge in [0.2, 0.25) is 0 Å². The highest BCUT2D eigenvalue weighted by atomic mass is 16.5. The Morgan fingerprint density at radius 3 is 2.88 bits per heavy atom. The largest absolute Gasteiger partial charge is 0.497 e. The van der Waals surface area contributed by atoms with Crippen molar-refractivity contribution < 1.29 is 19.1 Å². The summed E-state index contributed by atoms with van der Waals surface area (Å²) < 4.78 is 11.8. The van der Waals surface area contributed by atoms with Crippen LogP contribution in [0.15, 0.2) is 18.2 Å². The average molecular weight is 329 g/mol. The van der Waals surface area contributed by atoms with Crippen LogP contribution < -0.4 is 10.1 Å². The van der Waals surface area contributed by atoms with E-state index in [9.17, 15) is 9.59 Å². The third-order valence-corrected chi connectivity index (χ3v) is 3.96. The highest BCUT2D eigenvalue weighted by Gasteiger charge is 2.31. The minimum Gasteiger partial charge on any atom is -0.497 e. The number of ether oxygens (including phenoxy) is 2. The zero-order chi connectivity index (χ0) is 17.3. The normalized spacial score (nSPS) is 13.2. The maximum absolute atomic E-state index is 12.4. The van der Waals surface area contributed by atoms with Crippen molar-refractivity contribution in [1.82, 2.24) is 15.1 Å². The first-order valence-electron chi connectivity index (χ1n) is 7.79. The van der Waals surface area contributed by atoms with Crippen molar-refractivity contribution in [3.63, 3.8) is 0 Å². The fourth-order valence-corrected chi connectivity index (χ4v) is 2.84. The summed E-state index contributed by atoms with van der Waals surface area (Å²) in [7, 11) is 1.59. The number of aryl methyl sites for hydroxylation is 1. The lowest BCUT2D eigenvalue weighted by molar-refractivity contribution is 0.0517. The van der Waals surface area contributed by atoms with E-state index in [1.54, 1.807) is 20.1 Å². The van der Waals surface area contributed by atoms with Crippen molar-refractivity contribution in [2.45, 2.75) is 20.3 Å². The van der Waals surface area contributed by atoms with E-state index in [1.165, 1.54) is 4.68 Å². The molecule has 0 saturated carbocycles. The molecule has 7 nitrogen and oxygen atoms in total. The van der Waals surface area contributed by atoms with Gasteiger partial charge in [0.25, 0.3) is 5.91 Å². The Bertz CT molecular complexity index is 810. The molecular formula is C17H19N3O4. The number of fused-ring (bicyclic) bond motifs is 1. The minimum atomic E-state index is -0.506. The summed E-state index contributed by atoms with van der Waals surface area (Å²) in [6.45, 7) is 4.37. The second-order valence-corrected chi connectivity index (χ2v) is 5.47. The molecule has 2 aromatic rings. The molecule has 0 saturated heterocycles. The van der Waals surface area contributed by atoms with Crippen LogP contribution in [0.1, 0.15) is 39.0 Å². The van der Waals surface area contributed by atoms with Crippen LogP contribution in [0.25, 0.3) is 5.69 Å². The molecule has 0 bridgehead atoms. The maximum Gasteiger partial charge on any atom is 0.359 e. The van der Waals surface area contributed by atoms with E-state index >= 15 is 0 Å². The van der Waals surface area contributed by atoms with Crippen LogP contribution in [-0.2, 0) is 11.2 Å². The molecule has 3 rings (SSSR count). The minimum absolute atomic E-state index is 0.205. The molecule has 2 heterocycles. The number of esters is 1. The SMILES string of the molecule is CCOC(=O)c1nn(-c2ccc(OC)cc2C)c2c1CCNC2=O. The van der Waals surface area contributed by atoms with E-state index in [-0.39, 0.29) is 18.2 Å². The van der Waals surface area contributed by atoms with Crippen LogP contribution in [0.5, 0.6) is 5.75 Å². The van der Waals surface area contributed by atoms with Crippen molar-refractivity contribution in [2.24, 2.45) is 0 Å². The highest BCUT2D eigenvalue weighted by Crippen LogP contribution is 2.26. The fourth-order valence-electron chi connectivity index (χ4n) is 2.84. The smallest absolute Gasteiger partial charge is 0.359 e. The predicted octanol–water partition coefficient (Wildman–Crippen LogP) is 1.65. The molecule has 0 unspecified atom stereocenters. The second-order valence-electron chi connectivity index (χ2n) is 5.47. The number of nitrogens with zero attached hydrogens (tertiary/aromatic N) is 2. The standard InChI is InChI=1S/C17H19N3O4/c1-4-24-17(22)14-12-7-8-18-16(21)15(12)20(19-14)13-6-5-11(23-3)9-10(13)2/h5-6,9H,4,7-8H2,1-3H3,(H,18,21). The van der Waals surface area contributed by atoms with E-state index in [2.05, 4.69) is 10.4 Å². The molecule has 7 heteroatoms. The van der Waals surface area contributed by atoms with Gasteiger partial charge in [-0.2, -0.15) is 5.10 Å². The van der Waals surface area contributed by atoms with Crippen LogP contribution in [0, 0.1) is 6.92 Å². The van der Waals surface area contributed by atoms with Gasteiger partial charge in [-0.1, -0.05) is 0 Å². The fraction of sp³-hybridized carbons (Fsp3) is 0.353. The zero-order valence-electron chi connectivity index (χ0n) is 13.9. The third-order valence-electron chi connectivity index (χ3n) is 3.96. The lowest BCUT2D eigenvalue weighted by Crippen LogP contribution is -2.33. The lowest BCUT2D eigenvalue weighted by Gasteiger charge is -2.16. The predicted molar refractivity (Wildman–Crippen MR) is 86.8 cm³/mol. The van der Waals surface area contributed by atoms with Crippen molar-refractivity contribution in [1.29, 1.82) is 0 Å². The first-order chi connectivity index (χ1) is 11.6. The van der Waals surface area contributed by atoms with E-state index in [0.29, 0.717) is 30.0 Å². The Balaban J connectivity index is 2.18. The summed E-state index contributed by atoms with van der Waals surface area (Å²) in [6.07, 6.45) is 0.546. The number of aromatic nitrogens is 2. The third kappa shape index (κ3) is 2.62. The summed E-state index contributed by atoms with van der Waals surface area (Å²) in [5, 5.41) is 7.19. The first kappa shape index (κ1) is 16.0. The Labute approximate surface area is 139 Å². The Hall–Kier alpha value is -2.83. The topological polar surface area (TPSA) is 82.4 Å². The summed E-state index contributed by atoms with van der Waals surface area (Å²) in [6, 6.07) is 5.47. The van der Waals surface area contributed by atoms with Crippen molar-refractivity contribution >= 4 is 11.9 Å². The number of amides is 1. The molecule has 126 valence electrons. The molecule has 0 radical (unpaired) electrons. The van der Waals surface area contributed by atoms with Gasteiger partial charge in [0.05, 0.1) is 19.4 Å². The highest BCUT2D eigenvalue weighted by molar-refractivity contribution is 6.00. The number of methoxy groups -OCH3 is 1. The van der Waals surface area contributed by atoms with E-state index in [0.717, 1.165) is 11.3 Å². The summed E-state index contributed by atoms with van der Waals surface area (Å²) >= 11 is 0. The summed E-state index contributed by atoms with van der Waals surface area (Å²) in [4.78, 5) is 24.6. The molecule has 1 N–H and O–H groups in total. The summed E-state index contributed by atoms with van der Waals surface area (Å²) in [5.74, 6) is -0.0322. The molecule has 0 fully saturated rings. The molecule has 0 aliphatic carbocycles. The Kier molecular flexibility index (Phi) is 4.24. The summed E-state index contributed by atoms with van der Waals surface area (Å²) in [5.41, 5.74) is 2.83. The molecule has 0 atom stereocenters. The van der Waals surface area contributed by atoms with Crippen molar-refractivity contribution in [3.05, 3.63) is 40.7 Å². The van der Waals surface area contributed by atoms with Gasteiger partial charge in [0, 0.05) is 12.1 Å². The number of hydrogen-bond donors (Lipinski definition) is 1.